The number of nitrogens with zero attached hydrogens (tertiary/aromatic N) is 1. The van der Waals surface area contributed by atoms with Crippen molar-refractivity contribution in [3.63, 3.8) is 0 Å². The summed E-state index contributed by atoms with van der Waals surface area (Å²) in [5.74, 6) is 0.148. The summed E-state index contributed by atoms with van der Waals surface area (Å²) in [6.07, 6.45) is 3.12. The van der Waals surface area contributed by atoms with E-state index in [1.54, 1.807) is 26.3 Å². The van der Waals surface area contributed by atoms with Gasteiger partial charge in [-0.05, 0) is 36.6 Å². The fourth-order valence-corrected chi connectivity index (χ4v) is 5.18. The smallest absolute Gasteiger partial charge is 0.343 e. The molecule has 0 spiro atoms. The molecule has 214 valence electrons. The summed E-state index contributed by atoms with van der Waals surface area (Å²) in [7, 11) is 3.52. The molecule has 8 nitrogen and oxygen atoms in total. The minimum Gasteiger partial charge on any atom is -0.491 e. The second-order valence-electron chi connectivity index (χ2n) is 10.7. The summed E-state index contributed by atoms with van der Waals surface area (Å²) in [6, 6.07) is 15.6. The number of anilines is 1. The lowest BCUT2D eigenvalue weighted by Crippen LogP contribution is -2.37. The van der Waals surface area contributed by atoms with Crippen molar-refractivity contribution in [2.75, 3.05) is 45.9 Å². The number of ether oxygens (including phenoxy) is 4. The van der Waals surface area contributed by atoms with Gasteiger partial charge in [0.15, 0.2) is 5.43 Å². The first kappa shape index (κ1) is 29.4. The summed E-state index contributed by atoms with van der Waals surface area (Å²) in [6.45, 7) is 8.38. The summed E-state index contributed by atoms with van der Waals surface area (Å²) >= 11 is 0. The quantitative estimate of drug-likeness (QED) is 0.223. The minimum absolute atomic E-state index is 0.0343. The van der Waals surface area contributed by atoms with E-state index in [4.69, 9.17) is 18.9 Å². The van der Waals surface area contributed by atoms with Crippen LogP contribution >= 0.6 is 0 Å². The molecule has 1 N–H and O–H groups in total. The molecule has 0 amide bonds. The molecule has 2 aromatic carbocycles. The number of carbonyl (C=O) groups excluding carboxylic acids is 1. The Hall–Kier alpha value is -3.62. The van der Waals surface area contributed by atoms with Crippen molar-refractivity contribution in [2.24, 2.45) is 5.41 Å². The van der Waals surface area contributed by atoms with Gasteiger partial charge in [0.1, 0.15) is 11.3 Å². The number of pyridine rings is 1. The monoisotopic (exact) mass is 548 g/mol. The first-order chi connectivity index (χ1) is 19.3. The average Bonchev–Trinajstić information content (AvgIpc) is 2.94. The third kappa shape index (κ3) is 6.57. The zero-order chi connectivity index (χ0) is 28.7. The molecule has 0 radical (unpaired) electrons. The van der Waals surface area contributed by atoms with Crippen LogP contribution in [-0.2, 0) is 27.2 Å². The summed E-state index contributed by atoms with van der Waals surface area (Å²) < 4.78 is 24.7. The van der Waals surface area contributed by atoms with E-state index in [9.17, 15) is 9.59 Å². The van der Waals surface area contributed by atoms with Crippen molar-refractivity contribution in [3.8, 4) is 17.0 Å². The van der Waals surface area contributed by atoms with E-state index in [0.717, 1.165) is 40.2 Å². The SMILES string of the molecule is CCOC(=O)c1cn2c(cc1=O)-c1cc(NC)c(OCCCOC)cc1CC2C(C)(C)COCc1ccccc1. The van der Waals surface area contributed by atoms with Gasteiger partial charge >= 0.3 is 5.97 Å². The van der Waals surface area contributed by atoms with E-state index < -0.39 is 5.97 Å². The van der Waals surface area contributed by atoms with Crippen LogP contribution in [0.2, 0.25) is 0 Å². The molecule has 40 heavy (non-hydrogen) atoms. The van der Waals surface area contributed by atoms with Crippen molar-refractivity contribution in [3.05, 3.63) is 81.6 Å². The van der Waals surface area contributed by atoms with Gasteiger partial charge in [-0.25, -0.2) is 4.79 Å². The lowest BCUT2D eigenvalue weighted by atomic mass is 9.77. The number of aromatic nitrogens is 1. The first-order valence-electron chi connectivity index (χ1n) is 13.8. The molecule has 0 bridgehead atoms. The fourth-order valence-electron chi connectivity index (χ4n) is 5.18. The van der Waals surface area contributed by atoms with E-state index in [0.29, 0.717) is 32.8 Å². The lowest BCUT2D eigenvalue weighted by Gasteiger charge is -2.41. The van der Waals surface area contributed by atoms with Gasteiger partial charge in [-0.2, -0.15) is 0 Å². The number of nitrogens with one attached hydrogen (secondary N) is 1. The van der Waals surface area contributed by atoms with Crippen molar-refractivity contribution in [1.82, 2.24) is 4.57 Å². The largest absolute Gasteiger partial charge is 0.491 e. The highest BCUT2D eigenvalue weighted by atomic mass is 16.5. The molecule has 1 unspecified atom stereocenters. The van der Waals surface area contributed by atoms with Gasteiger partial charge in [0, 0.05) is 56.5 Å². The van der Waals surface area contributed by atoms with Crippen LogP contribution in [-0.4, -0.2) is 51.1 Å². The first-order valence-corrected chi connectivity index (χ1v) is 13.8. The number of methoxy groups -OCH3 is 1. The Morgan fingerprint density at radius 1 is 1.12 bits per heavy atom. The molecule has 1 aliphatic rings. The Bertz CT molecular complexity index is 1370. The topological polar surface area (TPSA) is 88.0 Å². The predicted octanol–water partition coefficient (Wildman–Crippen LogP) is 5.49. The molecule has 0 saturated heterocycles. The third-order valence-electron chi connectivity index (χ3n) is 7.31. The number of hydrogen-bond donors (Lipinski definition) is 1. The molecule has 0 fully saturated rings. The number of fused-ring (bicyclic) bond motifs is 3. The standard InChI is InChI=1S/C32H40N2O6/c1-6-39-31(36)25-19-34-27(18-28(25)35)24-17-26(33-4)29(40-14-10-13-37-5)15-23(24)16-30(34)32(2,3)21-38-20-22-11-8-7-9-12-22/h7-9,11-12,15,17-19,30,33H,6,10,13-14,16,20-21H2,1-5H3. The Balaban J connectivity index is 1.73. The van der Waals surface area contributed by atoms with Crippen LogP contribution in [0.3, 0.4) is 0 Å². The zero-order valence-electron chi connectivity index (χ0n) is 24.1. The molecule has 0 saturated carbocycles. The molecular weight excluding hydrogens is 508 g/mol. The Kier molecular flexibility index (Phi) is 9.66. The molecule has 1 aromatic heterocycles. The van der Waals surface area contributed by atoms with E-state index in [1.807, 2.05) is 43.4 Å². The van der Waals surface area contributed by atoms with Crippen LogP contribution in [0.5, 0.6) is 5.75 Å². The highest BCUT2D eigenvalue weighted by Gasteiger charge is 2.37. The second-order valence-corrected chi connectivity index (χ2v) is 10.7. The molecule has 2 heterocycles. The summed E-state index contributed by atoms with van der Waals surface area (Å²) in [5.41, 5.74) is 4.02. The predicted molar refractivity (Wildman–Crippen MR) is 156 cm³/mol. The summed E-state index contributed by atoms with van der Waals surface area (Å²) in [4.78, 5) is 25.8. The van der Waals surface area contributed by atoms with E-state index in [2.05, 4.69) is 29.8 Å². The highest BCUT2D eigenvalue weighted by molar-refractivity contribution is 5.89. The maximum absolute atomic E-state index is 13.1. The zero-order valence-corrected chi connectivity index (χ0v) is 24.1. The van der Waals surface area contributed by atoms with Gasteiger partial charge in [0.05, 0.1) is 37.8 Å². The van der Waals surface area contributed by atoms with Gasteiger partial charge < -0.3 is 28.8 Å². The van der Waals surface area contributed by atoms with Crippen LogP contribution < -0.4 is 15.5 Å². The van der Waals surface area contributed by atoms with Crippen LogP contribution in [0.25, 0.3) is 11.3 Å². The molecule has 4 rings (SSSR count). The number of esters is 1. The number of carbonyl (C=O) groups is 1. The van der Waals surface area contributed by atoms with Gasteiger partial charge in [-0.1, -0.05) is 44.2 Å². The van der Waals surface area contributed by atoms with E-state index in [1.165, 1.54) is 0 Å². The maximum atomic E-state index is 13.1. The van der Waals surface area contributed by atoms with Crippen molar-refractivity contribution < 1.29 is 23.7 Å². The molecular formula is C32H40N2O6. The van der Waals surface area contributed by atoms with Crippen LogP contribution in [0.15, 0.2) is 59.5 Å². The Morgan fingerprint density at radius 3 is 2.60 bits per heavy atom. The number of hydrogen-bond acceptors (Lipinski definition) is 7. The Morgan fingerprint density at radius 2 is 1.90 bits per heavy atom. The third-order valence-corrected chi connectivity index (χ3v) is 7.31. The van der Waals surface area contributed by atoms with Crippen LogP contribution in [0.1, 0.15) is 54.7 Å². The molecule has 1 aliphatic heterocycles. The number of rotatable bonds is 13. The van der Waals surface area contributed by atoms with Crippen LogP contribution in [0.4, 0.5) is 5.69 Å². The average molecular weight is 549 g/mol. The highest BCUT2D eigenvalue weighted by Crippen LogP contribution is 2.45. The van der Waals surface area contributed by atoms with Gasteiger partial charge in [0.2, 0.25) is 0 Å². The minimum atomic E-state index is -0.610. The number of benzene rings is 2. The Labute approximate surface area is 236 Å². The van der Waals surface area contributed by atoms with E-state index >= 15 is 0 Å². The molecule has 3 aromatic rings. The lowest BCUT2D eigenvalue weighted by molar-refractivity contribution is 0.0219. The maximum Gasteiger partial charge on any atom is 0.343 e. The normalized spacial score (nSPS) is 14.3. The molecule has 0 aliphatic carbocycles. The summed E-state index contributed by atoms with van der Waals surface area (Å²) in [5, 5.41) is 3.23. The second kappa shape index (κ2) is 13.2. The van der Waals surface area contributed by atoms with Crippen molar-refractivity contribution in [1.29, 1.82) is 0 Å². The van der Waals surface area contributed by atoms with Gasteiger partial charge in [-0.3, -0.25) is 4.79 Å². The van der Waals surface area contributed by atoms with Crippen LogP contribution in [0, 0.1) is 5.41 Å². The molecule has 8 heteroatoms. The van der Waals surface area contributed by atoms with Gasteiger partial charge in [-0.15, -0.1) is 0 Å². The van der Waals surface area contributed by atoms with Crippen molar-refractivity contribution >= 4 is 11.7 Å². The molecule has 1 atom stereocenters. The van der Waals surface area contributed by atoms with E-state index in [-0.39, 0.29) is 29.1 Å². The van der Waals surface area contributed by atoms with Gasteiger partial charge in [0.25, 0.3) is 0 Å². The van der Waals surface area contributed by atoms with Crippen molar-refractivity contribution in [2.45, 2.75) is 46.3 Å². The fraction of sp³-hybridized carbons (Fsp3) is 0.438.